The minimum atomic E-state index is -4.38. The smallest absolute Gasteiger partial charge is 0.359 e. The monoisotopic (exact) mass is 665 g/mol. The van der Waals surface area contributed by atoms with Gasteiger partial charge in [0.1, 0.15) is 4.88 Å². The van der Waals surface area contributed by atoms with Gasteiger partial charge in [0.2, 0.25) is 11.8 Å². The fourth-order valence-corrected chi connectivity index (χ4v) is 8.66. The predicted octanol–water partition coefficient (Wildman–Crippen LogP) is 4.38. The summed E-state index contributed by atoms with van der Waals surface area (Å²) < 4.78 is 55.3. The number of halogens is 3. The standard InChI is InChI=1S/C30H38F3N7O3S2/c1-38-24-17-20(3-4-22(24)27(37-38)23-5-6-26(41)36-28(23)42)19-7-12-39(13-8-19)11-2-16-45(43)40-14-9-21(10-15-40)35-29-34-18-25(44-29)30(31,32)33/h3-4,17-19,21,23H,2,5-16H2,1H3,(H,34,35)(H,36,41,42). The van der Waals surface area contributed by atoms with Crippen molar-refractivity contribution in [2.24, 2.45) is 7.05 Å². The van der Waals surface area contributed by atoms with Crippen LogP contribution in [0.4, 0.5) is 18.3 Å². The second-order valence-corrected chi connectivity index (χ2v) is 14.8. The number of benzene rings is 1. The number of likely N-dealkylation sites (tertiary alicyclic amines) is 1. The van der Waals surface area contributed by atoms with Gasteiger partial charge in [-0.25, -0.2) is 13.5 Å². The van der Waals surface area contributed by atoms with Crippen molar-refractivity contribution in [3.63, 3.8) is 0 Å². The van der Waals surface area contributed by atoms with Gasteiger partial charge in [0.05, 0.1) is 34.3 Å². The van der Waals surface area contributed by atoms with Crippen molar-refractivity contribution in [2.45, 2.75) is 69.0 Å². The van der Waals surface area contributed by atoms with Crippen molar-refractivity contribution in [1.29, 1.82) is 0 Å². The van der Waals surface area contributed by atoms with Crippen LogP contribution in [0.25, 0.3) is 10.9 Å². The molecule has 2 unspecified atom stereocenters. The van der Waals surface area contributed by atoms with Crippen LogP contribution in [0.5, 0.6) is 0 Å². The Morgan fingerprint density at radius 2 is 1.84 bits per heavy atom. The van der Waals surface area contributed by atoms with Gasteiger partial charge in [-0.1, -0.05) is 23.5 Å². The van der Waals surface area contributed by atoms with Gasteiger partial charge in [-0.3, -0.25) is 19.6 Å². The zero-order chi connectivity index (χ0) is 31.7. The number of rotatable bonds is 9. The molecule has 45 heavy (non-hydrogen) atoms. The molecule has 10 nitrogen and oxygen atoms in total. The number of aromatic nitrogens is 3. The number of alkyl halides is 3. The van der Waals surface area contributed by atoms with Crippen LogP contribution in [0.1, 0.15) is 72.9 Å². The van der Waals surface area contributed by atoms with Crippen molar-refractivity contribution >= 4 is 50.2 Å². The maximum absolute atomic E-state index is 12.9. The summed E-state index contributed by atoms with van der Waals surface area (Å²) in [6.45, 7) is 4.14. The second kappa shape index (κ2) is 13.5. The minimum Gasteiger partial charge on any atom is -0.359 e. The maximum Gasteiger partial charge on any atom is 0.427 e. The molecule has 3 fully saturated rings. The van der Waals surface area contributed by atoms with Crippen LogP contribution >= 0.6 is 11.3 Å². The Morgan fingerprint density at radius 3 is 2.53 bits per heavy atom. The van der Waals surface area contributed by atoms with Crippen molar-refractivity contribution < 1.29 is 27.0 Å². The summed E-state index contributed by atoms with van der Waals surface area (Å²) in [5.41, 5.74) is 3.00. The van der Waals surface area contributed by atoms with Crippen LogP contribution in [0.3, 0.4) is 0 Å². The SMILES string of the molecule is Cn1nc(C2CCC(=O)NC2=O)c2ccc(C3CCN(CCCS(=O)N4CCC(Nc5ncc(C(F)(F)F)s5)CC4)CC3)cc21. The van der Waals surface area contributed by atoms with Gasteiger partial charge in [-0.05, 0) is 75.7 Å². The third-order valence-electron chi connectivity index (χ3n) is 9.18. The molecular formula is C30H38F3N7O3S2. The Balaban J connectivity index is 0.926. The number of fused-ring (bicyclic) bond motifs is 1. The van der Waals surface area contributed by atoms with Gasteiger partial charge >= 0.3 is 6.18 Å². The summed E-state index contributed by atoms with van der Waals surface area (Å²) >= 11 is 0.621. The molecule has 5 heterocycles. The minimum absolute atomic E-state index is 0.0257. The molecule has 2 amide bonds. The van der Waals surface area contributed by atoms with Crippen molar-refractivity contribution in [3.8, 4) is 0 Å². The van der Waals surface area contributed by atoms with E-state index in [1.165, 1.54) is 5.56 Å². The molecule has 1 aromatic carbocycles. The number of piperidine rings is 3. The predicted molar refractivity (Wildman–Crippen MR) is 167 cm³/mol. The largest absolute Gasteiger partial charge is 0.427 e. The fraction of sp³-hybridized carbons (Fsp3) is 0.600. The van der Waals surface area contributed by atoms with Crippen molar-refractivity contribution in [3.05, 3.63) is 40.5 Å². The number of anilines is 1. The Labute approximate surface area is 266 Å². The van der Waals surface area contributed by atoms with E-state index in [9.17, 15) is 27.0 Å². The maximum atomic E-state index is 12.9. The first kappa shape index (κ1) is 32.1. The summed E-state index contributed by atoms with van der Waals surface area (Å²) in [6, 6.07) is 6.44. The Kier molecular flexibility index (Phi) is 9.60. The van der Waals surface area contributed by atoms with Gasteiger partial charge in [-0.15, -0.1) is 0 Å². The molecule has 15 heteroatoms. The third-order valence-corrected chi connectivity index (χ3v) is 11.7. The van der Waals surface area contributed by atoms with E-state index in [1.807, 2.05) is 16.0 Å². The van der Waals surface area contributed by atoms with Gasteiger partial charge in [0.25, 0.3) is 0 Å². The molecule has 244 valence electrons. The highest BCUT2D eigenvalue weighted by Gasteiger charge is 2.34. The van der Waals surface area contributed by atoms with E-state index in [1.54, 1.807) is 0 Å². The number of aryl methyl sites for hydroxylation is 1. The molecule has 6 rings (SSSR count). The molecule has 3 aliphatic rings. The van der Waals surface area contributed by atoms with Crippen LogP contribution in [-0.2, 0) is 33.8 Å². The average molecular weight is 666 g/mol. The lowest BCUT2D eigenvalue weighted by Crippen LogP contribution is -2.41. The lowest BCUT2D eigenvalue weighted by molar-refractivity contribution is -0.135. The zero-order valence-electron chi connectivity index (χ0n) is 25.1. The van der Waals surface area contributed by atoms with Crippen LogP contribution in [0.2, 0.25) is 0 Å². The molecule has 2 atom stereocenters. The number of amides is 2. The van der Waals surface area contributed by atoms with Gasteiger partial charge in [-0.2, -0.15) is 18.3 Å². The number of imide groups is 1. The van der Waals surface area contributed by atoms with Crippen molar-refractivity contribution in [1.82, 2.24) is 29.3 Å². The molecule has 0 radical (unpaired) electrons. The van der Waals surface area contributed by atoms with Crippen molar-refractivity contribution in [2.75, 3.05) is 43.8 Å². The molecule has 0 spiro atoms. The Bertz CT molecular complexity index is 1560. The third kappa shape index (κ3) is 7.42. The van der Waals surface area contributed by atoms with E-state index in [4.69, 9.17) is 0 Å². The van der Waals surface area contributed by atoms with Crippen LogP contribution in [-0.4, -0.2) is 84.5 Å². The van der Waals surface area contributed by atoms with E-state index < -0.39 is 28.0 Å². The molecule has 0 bridgehead atoms. The zero-order valence-corrected chi connectivity index (χ0v) is 26.8. The Hall–Kier alpha value is -2.88. The normalized spacial score (nSPS) is 22.2. The van der Waals surface area contributed by atoms with E-state index in [0.29, 0.717) is 61.8 Å². The Morgan fingerprint density at radius 1 is 1.09 bits per heavy atom. The quantitative estimate of drug-likeness (QED) is 0.327. The number of nitrogens with one attached hydrogen (secondary N) is 2. The topological polar surface area (TPSA) is 112 Å². The fourth-order valence-electron chi connectivity index (χ4n) is 6.65. The molecule has 3 aliphatic heterocycles. The molecule has 0 aliphatic carbocycles. The van der Waals surface area contributed by atoms with E-state index in [0.717, 1.165) is 61.7 Å². The summed E-state index contributed by atoms with van der Waals surface area (Å²) in [5, 5.41) is 11.5. The van der Waals surface area contributed by atoms with E-state index in [-0.39, 0.29) is 23.0 Å². The van der Waals surface area contributed by atoms with Gasteiger partial charge in [0.15, 0.2) is 5.13 Å². The van der Waals surface area contributed by atoms with Crippen LogP contribution in [0.15, 0.2) is 24.4 Å². The highest BCUT2D eigenvalue weighted by Crippen LogP contribution is 2.36. The molecule has 0 saturated carbocycles. The lowest BCUT2D eigenvalue weighted by Gasteiger charge is -2.33. The molecule has 2 aromatic heterocycles. The number of carbonyl (C=O) groups excluding carboxylic acids is 2. The summed E-state index contributed by atoms with van der Waals surface area (Å²) in [7, 11) is 0.825. The van der Waals surface area contributed by atoms with Gasteiger partial charge < -0.3 is 10.2 Å². The highest BCUT2D eigenvalue weighted by atomic mass is 32.2. The summed E-state index contributed by atoms with van der Waals surface area (Å²) in [6.07, 6.45) is 1.63. The van der Waals surface area contributed by atoms with Gasteiger partial charge in [0, 0.05) is 43.7 Å². The second-order valence-electron chi connectivity index (χ2n) is 12.2. The molecule has 3 aromatic rings. The highest BCUT2D eigenvalue weighted by molar-refractivity contribution is 7.82. The number of hydrogen-bond acceptors (Lipinski definition) is 8. The number of thiazole rings is 1. The van der Waals surface area contributed by atoms with Crippen LogP contribution < -0.4 is 10.6 Å². The number of carbonyl (C=O) groups is 2. The first-order chi connectivity index (χ1) is 21.5. The molecular weight excluding hydrogens is 628 g/mol. The summed E-state index contributed by atoms with van der Waals surface area (Å²) in [4.78, 5) is 29.6. The molecule has 2 N–H and O–H groups in total. The molecule has 3 saturated heterocycles. The first-order valence-corrected chi connectivity index (χ1v) is 17.6. The van der Waals surface area contributed by atoms with E-state index in [2.05, 4.69) is 43.8 Å². The number of nitrogens with zero attached hydrogens (tertiary/aromatic N) is 5. The van der Waals surface area contributed by atoms with E-state index >= 15 is 0 Å². The first-order valence-electron chi connectivity index (χ1n) is 15.5. The van der Waals surface area contributed by atoms with Crippen LogP contribution in [0, 0.1) is 0 Å². The number of hydrogen-bond donors (Lipinski definition) is 2. The summed E-state index contributed by atoms with van der Waals surface area (Å²) in [5.74, 6) is 0.128. The lowest BCUT2D eigenvalue weighted by atomic mass is 9.88. The average Bonchev–Trinajstić information content (AvgIpc) is 3.62.